The van der Waals surface area contributed by atoms with Gasteiger partial charge in [-0.3, -0.25) is 14.4 Å². The number of amides is 2. The summed E-state index contributed by atoms with van der Waals surface area (Å²) in [6.07, 6.45) is 4.93. The Morgan fingerprint density at radius 3 is 2.61 bits per heavy atom. The number of nitrogens with zero attached hydrogens (tertiary/aromatic N) is 2. The number of carbonyl (C=O) groups is 3. The maximum atomic E-state index is 13.5. The van der Waals surface area contributed by atoms with Crippen molar-refractivity contribution in [1.82, 2.24) is 14.8 Å². The number of fused-ring (bicyclic) bond motifs is 1. The normalized spacial score (nSPS) is 23.2. The summed E-state index contributed by atoms with van der Waals surface area (Å²) in [6.45, 7) is 7.91. The Kier molecular flexibility index (Phi) is 5.06. The summed E-state index contributed by atoms with van der Waals surface area (Å²) in [6, 6.07) is 0.0327. The average molecular weight is 386 g/mol. The molecular weight excluding hydrogens is 354 g/mol. The molecule has 1 saturated carbocycles. The summed E-state index contributed by atoms with van der Waals surface area (Å²) in [4.78, 5) is 46.0. The van der Waals surface area contributed by atoms with Crippen molar-refractivity contribution < 1.29 is 14.4 Å². The average Bonchev–Trinajstić information content (AvgIpc) is 3.41. The first-order valence-corrected chi connectivity index (χ1v) is 10.7. The van der Waals surface area contributed by atoms with Gasteiger partial charge in [0, 0.05) is 43.9 Å². The number of hydrogen-bond donors (Lipinski definition) is 1. The molecule has 0 bridgehead atoms. The van der Waals surface area contributed by atoms with Gasteiger partial charge in [0.2, 0.25) is 5.91 Å². The van der Waals surface area contributed by atoms with E-state index < -0.39 is 0 Å². The fourth-order valence-electron chi connectivity index (χ4n) is 4.71. The molecule has 1 N–H and O–H groups in total. The minimum absolute atomic E-state index is 0.0327. The number of Topliss-reactive ketones (excluding diaryl/α,β-unsaturated/α-hetero) is 1. The third-order valence-electron chi connectivity index (χ3n) is 6.52. The van der Waals surface area contributed by atoms with Gasteiger partial charge < -0.3 is 14.8 Å². The second-order valence-corrected chi connectivity index (χ2v) is 9.06. The Morgan fingerprint density at radius 1 is 1.18 bits per heavy atom. The highest BCUT2D eigenvalue weighted by Crippen LogP contribution is 2.33. The van der Waals surface area contributed by atoms with Gasteiger partial charge in [0.1, 0.15) is 0 Å². The van der Waals surface area contributed by atoms with Crippen LogP contribution in [0, 0.1) is 18.8 Å². The predicted molar refractivity (Wildman–Crippen MR) is 106 cm³/mol. The first-order chi connectivity index (χ1) is 13.4. The number of ketones is 1. The molecule has 1 aromatic rings. The molecule has 2 heterocycles. The van der Waals surface area contributed by atoms with Gasteiger partial charge >= 0.3 is 0 Å². The zero-order valence-electron chi connectivity index (χ0n) is 17.2. The SMILES string of the molecule is Cc1[nH]c2c(c1C(=O)N1CCC(=O)N(CC3CC3)[C@H](C(C)C)C1)C(=O)CCC2. The van der Waals surface area contributed by atoms with Crippen molar-refractivity contribution in [3.05, 3.63) is 22.5 Å². The van der Waals surface area contributed by atoms with Crippen LogP contribution in [0.3, 0.4) is 0 Å². The number of H-pyrrole nitrogens is 1. The van der Waals surface area contributed by atoms with Crippen LogP contribution in [-0.4, -0.2) is 58.1 Å². The molecular formula is C22H31N3O3. The molecule has 0 aromatic carbocycles. The van der Waals surface area contributed by atoms with Crippen LogP contribution in [0.2, 0.25) is 0 Å². The van der Waals surface area contributed by atoms with E-state index in [0.29, 0.717) is 43.0 Å². The quantitative estimate of drug-likeness (QED) is 0.866. The van der Waals surface area contributed by atoms with Gasteiger partial charge in [0.25, 0.3) is 5.91 Å². The molecule has 0 unspecified atom stereocenters. The maximum Gasteiger partial charge on any atom is 0.256 e. The molecule has 0 spiro atoms. The highest BCUT2D eigenvalue weighted by atomic mass is 16.2. The second kappa shape index (κ2) is 7.37. The zero-order chi connectivity index (χ0) is 20.0. The van der Waals surface area contributed by atoms with Crippen molar-refractivity contribution in [2.75, 3.05) is 19.6 Å². The molecule has 6 heteroatoms. The Bertz CT molecular complexity index is 806. The van der Waals surface area contributed by atoms with E-state index in [0.717, 1.165) is 30.8 Å². The van der Waals surface area contributed by atoms with Crippen molar-refractivity contribution in [3.63, 3.8) is 0 Å². The lowest BCUT2D eigenvalue weighted by molar-refractivity contribution is -0.133. The molecule has 1 saturated heterocycles. The van der Waals surface area contributed by atoms with Gasteiger partial charge in [0.05, 0.1) is 17.2 Å². The van der Waals surface area contributed by atoms with Crippen molar-refractivity contribution in [2.24, 2.45) is 11.8 Å². The molecule has 6 nitrogen and oxygen atoms in total. The Hall–Kier alpha value is -2.11. The monoisotopic (exact) mass is 385 g/mol. The summed E-state index contributed by atoms with van der Waals surface area (Å²) in [7, 11) is 0. The van der Waals surface area contributed by atoms with Gasteiger partial charge in [0.15, 0.2) is 5.78 Å². The smallest absolute Gasteiger partial charge is 0.256 e. The van der Waals surface area contributed by atoms with Crippen LogP contribution >= 0.6 is 0 Å². The second-order valence-electron chi connectivity index (χ2n) is 9.06. The largest absolute Gasteiger partial charge is 0.361 e. The van der Waals surface area contributed by atoms with Gasteiger partial charge in [-0.2, -0.15) is 0 Å². The van der Waals surface area contributed by atoms with Crippen LogP contribution in [0.25, 0.3) is 0 Å². The fraction of sp³-hybridized carbons (Fsp3) is 0.682. The topological polar surface area (TPSA) is 73.5 Å². The number of aromatic amines is 1. The number of hydrogen-bond acceptors (Lipinski definition) is 3. The van der Waals surface area contributed by atoms with E-state index in [1.54, 1.807) is 0 Å². The minimum Gasteiger partial charge on any atom is -0.361 e. The first kappa shape index (κ1) is 19.2. The summed E-state index contributed by atoms with van der Waals surface area (Å²) >= 11 is 0. The highest BCUT2D eigenvalue weighted by Gasteiger charge is 2.38. The summed E-state index contributed by atoms with van der Waals surface area (Å²) in [5, 5.41) is 0. The third kappa shape index (κ3) is 3.49. The first-order valence-electron chi connectivity index (χ1n) is 10.7. The fourth-order valence-corrected chi connectivity index (χ4v) is 4.71. The maximum absolute atomic E-state index is 13.5. The van der Waals surface area contributed by atoms with Gasteiger partial charge in [-0.1, -0.05) is 13.8 Å². The minimum atomic E-state index is -0.100. The molecule has 28 heavy (non-hydrogen) atoms. The van der Waals surface area contributed by atoms with Crippen molar-refractivity contribution in [2.45, 2.75) is 65.3 Å². The van der Waals surface area contributed by atoms with Gasteiger partial charge in [-0.25, -0.2) is 0 Å². The van der Waals surface area contributed by atoms with Crippen LogP contribution < -0.4 is 0 Å². The van der Waals surface area contributed by atoms with E-state index in [9.17, 15) is 14.4 Å². The lowest BCUT2D eigenvalue weighted by Crippen LogP contribution is -2.48. The molecule has 1 aromatic heterocycles. The van der Waals surface area contributed by atoms with E-state index in [4.69, 9.17) is 0 Å². The predicted octanol–water partition coefficient (Wildman–Crippen LogP) is 2.95. The van der Waals surface area contributed by atoms with Gasteiger partial charge in [-0.15, -0.1) is 0 Å². The summed E-state index contributed by atoms with van der Waals surface area (Å²) in [5.74, 6) is 1.03. The summed E-state index contributed by atoms with van der Waals surface area (Å²) < 4.78 is 0. The van der Waals surface area contributed by atoms with Crippen LogP contribution in [0.5, 0.6) is 0 Å². The molecule has 152 valence electrons. The molecule has 1 aliphatic heterocycles. The van der Waals surface area contributed by atoms with E-state index in [-0.39, 0.29) is 29.6 Å². The Morgan fingerprint density at radius 2 is 1.93 bits per heavy atom. The molecule has 1 atom stereocenters. The Balaban J connectivity index is 1.62. The number of aromatic nitrogens is 1. The number of rotatable bonds is 4. The number of aryl methyl sites for hydroxylation is 2. The molecule has 0 radical (unpaired) electrons. The van der Waals surface area contributed by atoms with Crippen molar-refractivity contribution >= 4 is 17.6 Å². The van der Waals surface area contributed by atoms with Crippen LogP contribution in [0.15, 0.2) is 0 Å². The third-order valence-corrected chi connectivity index (χ3v) is 6.52. The van der Waals surface area contributed by atoms with E-state index in [1.165, 1.54) is 12.8 Å². The van der Waals surface area contributed by atoms with Crippen molar-refractivity contribution in [1.29, 1.82) is 0 Å². The Labute approximate surface area is 166 Å². The molecule has 2 amide bonds. The van der Waals surface area contributed by atoms with E-state index in [2.05, 4.69) is 18.8 Å². The number of nitrogens with one attached hydrogen (secondary N) is 1. The van der Waals surface area contributed by atoms with Crippen LogP contribution in [-0.2, 0) is 11.2 Å². The van der Waals surface area contributed by atoms with Crippen LogP contribution in [0.4, 0.5) is 0 Å². The molecule has 2 aliphatic carbocycles. The summed E-state index contributed by atoms with van der Waals surface area (Å²) in [5.41, 5.74) is 2.81. The van der Waals surface area contributed by atoms with E-state index in [1.807, 2.05) is 16.7 Å². The highest BCUT2D eigenvalue weighted by molar-refractivity contribution is 6.10. The number of carbonyl (C=O) groups excluding carboxylic acids is 3. The molecule has 4 rings (SSSR count). The van der Waals surface area contributed by atoms with Gasteiger partial charge in [-0.05, 0) is 44.4 Å². The van der Waals surface area contributed by atoms with E-state index >= 15 is 0 Å². The van der Waals surface area contributed by atoms with Crippen LogP contribution in [0.1, 0.15) is 78.1 Å². The lowest BCUT2D eigenvalue weighted by Gasteiger charge is -2.35. The standard InChI is InChI=1S/C22H31N3O3/c1-13(2)17-12-24(10-9-19(27)25(17)11-15-7-8-15)22(28)20-14(3)23-16-5-4-6-18(26)21(16)20/h13,15,17,23H,4-12H2,1-3H3/t17-/m0/s1. The van der Waals surface area contributed by atoms with Crippen molar-refractivity contribution in [3.8, 4) is 0 Å². The zero-order valence-corrected chi connectivity index (χ0v) is 17.2. The molecule has 2 fully saturated rings. The molecule has 3 aliphatic rings. The lowest BCUT2D eigenvalue weighted by atomic mass is 9.92.